The molecule has 7 heteroatoms. The van der Waals surface area contributed by atoms with Gasteiger partial charge in [-0.05, 0) is 92.6 Å². The Balaban J connectivity index is 1.27. The second kappa shape index (κ2) is 12.7. The lowest BCUT2D eigenvalue weighted by Gasteiger charge is -2.36. The fourth-order valence-corrected chi connectivity index (χ4v) is 6.33. The number of carbonyl (C=O) groups is 2. The summed E-state index contributed by atoms with van der Waals surface area (Å²) in [5, 5.41) is 3.22. The van der Waals surface area contributed by atoms with Crippen molar-refractivity contribution < 1.29 is 9.59 Å². The molecule has 0 unspecified atom stereocenters. The van der Waals surface area contributed by atoms with Crippen molar-refractivity contribution >= 4 is 23.2 Å². The van der Waals surface area contributed by atoms with Crippen LogP contribution >= 0.6 is 0 Å². The van der Waals surface area contributed by atoms with E-state index in [1.54, 1.807) is 0 Å². The van der Waals surface area contributed by atoms with E-state index in [4.69, 9.17) is 5.73 Å². The first kappa shape index (κ1) is 28.4. The van der Waals surface area contributed by atoms with Crippen molar-refractivity contribution in [2.24, 2.45) is 11.7 Å². The molecule has 3 aromatic rings. The zero-order valence-electron chi connectivity index (χ0n) is 24.7. The molecule has 3 fully saturated rings. The molecule has 42 heavy (non-hydrogen) atoms. The van der Waals surface area contributed by atoms with Crippen LogP contribution in [0.5, 0.6) is 0 Å². The number of piperazine rings is 1. The molecule has 7 nitrogen and oxygen atoms in total. The lowest BCUT2D eigenvalue weighted by Crippen LogP contribution is -2.44. The van der Waals surface area contributed by atoms with Crippen LogP contribution in [0.2, 0.25) is 0 Å². The molecule has 3 N–H and O–H groups in total. The number of nitrogens with two attached hydrogens (primary N) is 1. The first-order valence-corrected chi connectivity index (χ1v) is 15.5. The molecule has 3 aromatic carbocycles. The third-order valence-corrected chi connectivity index (χ3v) is 9.13. The molecule has 0 aromatic heterocycles. The number of amides is 2. The minimum Gasteiger partial charge on any atom is -0.367 e. The van der Waals surface area contributed by atoms with Gasteiger partial charge in [-0.2, -0.15) is 0 Å². The van der Waals surface area contributed by atoms with Crippen molar-refractivity contribution in [2.75, 3.05) is 43.4 Å². The van der Waals surface area contributed by atoms with E-state index in [1.807, 2.05) is 30.3 Å². The average Bonchev–Trinajstić information content (AvgIpc) is 3.87. The summed E-state index contributed by atoms with van der Waals surface area (Å²) < 4.78 is 0. The molecular formula is C35H43N5O2. The van der Waals surface area contributed by atoms with E-state index >= 15 is 0 Å². The van der Waals surface area contributed by atoms with Gasteiger partial charge in [0.2, 0.25) is 5.91 Å². The molecule has 1 aliphatic heterocycles. The molecule has 2 amide bonds. The summed E-state index contributed by atoms with van der Waals surface area (Å²) in [6.07, 6.45) is 5.96. The summed E-state index contributed by atoms with van der Waals surface area (Å²) in [4.78, 5) is 33.4. The highest BCUT2D eigenvalue weighted by Gasteiger charge is 2.37. The van der Waals surface area contributed by atoms with Crippen LogP contribution in [0, 0.1) is 5.92 Å². The van der Waals surface area contributed by atoms with Crippen LogP contribution in [-0.2, 0) is 11.3 Å². The molecule has 0 radical (unpaired) electrons. The summed E-state index contributed by atoms with van der Waals surface area (Å²) in [6, 6.07) is 24.8. The van der Waals surface area contributed by atoms with Crippen LogP contribution in [0.1, 0.15) is 54.4 Å². The molecular weight excluding hydrogens is 522 g/mol. The molecule has 1 heterocycles. The van der Waals surface area contributed by atoms with Gasteiger partial charge in [0.05, 0.1) is 11.4 Å². The number of carbonyl (C=O) groups excluding carboxylic acids is 2. The van der Waals surface area contributed by atoms with Crippen molar-refractivity contribution in [1.82, 2.24) is 9.80 Å². The molecule has 2 saturated carbocycles. The normalized spacial score (nSPS) is 21.1. The van der Waals surface area contributed by atoms with E-state index in [-0.39, 0.29) is 23.9 Å². The van der Waals surface area contributed by atoms with Gasteiger partial charge in [-0.1, -0.05) is 42.5 Å². The van der Waals surface area contributed by atoms with Crippen molar-refractivity contribution in [3.63, 3.8) is 0 Å². The second-order valence-corrected chi connectivity index (χ2v) is 12.4. The molecule has 3 aliphatic rings. The fourth-order valence-electron chi connectivity index (χ4n) is 6.33. The smallest absolute Gasteiger partial charge is 0.255 e. The quantitative estimate of drug-likeness (QED) is 0.384. The molecule has 0 spiro atoms. The lowest BCUT2D eigenvalue weighted by molar-refractivity contribution is -0.136. The third-order valence-electron chi connectivity index (χ3n) is 9.13. The largest absolute Gasteiger partial charge is 0.367 e. The molecule has 0 bridgehead atoms. The highest BCUT2D eigenvalue weighted by Crippen LogP contribution is 2.36. The monoisotopic (exact) mass is 565 g/mol. The van der Waals surface area contributed by atoms with Gasteiger partial charge in [-0.3, -0.25) is 9.59 Å². The van der Waals surface area contributed by atoms with Crippen LogP contribution in [0.25, 0.3) is 11.1 Å². The van der Waals surface area contributed by atoms with Gasteiger partial charge < -0.3 is 25.8 Å². The van der Waals surface area contributed by atoms with Gasteiger partial charge in [0.1, 0.15) is 0 Å². The van der Waals surface area contributed by atoms with E-state index in [2.05, 4.69) is 69.5 Å². The predicted octanol–water partition coefficient (Wildman–Crippen LogP) is 5.37. The molecule has 6 rings (SSSR count). The average molecular weight is 566 g/mol. The van der Waals surface area contributed by atoms with Crippen LogP contribution < -0.4 is 16.0 Å². The Morgan fingerprint density at radius 2 is 1.55 bits per heavy atom. The minimum atomic E-state index is -0.113. The summed E-state index contributed by atoms with van der Waals surface area (Å²) >= 11 is 0. The van der Waals surface area contributed by atoms with Gasteiger partial charge >= 0.3 is 0 Å². The highest BCUT2D eigenvalue weighted by molar-refractivity contribution is 6.06. The van der Waals surface area contributed by atoms with Gasteiger partial charge in [0, 0.05) is 56.3 Å². The fraction of sp³-hybridized carbons (Fsp3) is 0.429. The Kier molecular flexibility index (Phi) is 8.58. The van der Waals surface area contributed by atoms with E-state index < -0.39 is 0 Å². The summed E-state index contributed by atoms with van der Waals surface area (Å²) in [5.74, 6) is 0.392. The molecule has 1 saturated heterocycles. The van der Waals surface area contributed by atoms with Crippen molar-refractivity contribution in [3.05, 3.63) is 83.9 Å². The van der Waals surface area contributed by atoms with Crippen molar-refractivity contribution in [3.8, 4) is 11.1 Å². The van der Waals surface area contributed by atoms with Crippen molar-refractivity contribution in [1.29, 1.82) is 0 Å². The van der Waals surface area contributed by atoms with Crippen LogP contribution in [0.4, 0.5) is 11.4 Å². The van der Waals surface area contributed by atoms with Gasteiger partial charge in [0.25, 0.3) is 5.91 Å². The lowest BCUT2D eigenvalue weighted by atomic mass is 9.90. The zero-order chi connectivity index (χ0) is 29.1. The van der Waals surface area contributed by atoms with E-state index in [0.717, 1.165) is 92.8 Å². The van der Waals surface area contributed by atoms with Crippen LogP contribution in [-0.4, -0.2) is 66.9 Å². The maximum absolute atomic E-state index is 13.4. The Hall–Kier alpha value is -3.68. The van der Waals surface area contributed by atoms with E-state index in [9.17, 15) is 9.59 Å². The number of rotatable bonds is 8. The van der Waals surface area contributed by atoms with E-state index in [1.165, 1.54) is 0 Å². The number of likely N-dealkylation sites (N-methyl/N-ethyl adjacent to an activating group) is 1. The Bertz CT molecular complexity index is 1390. The number of hydrogen-bond acceptors (Lipinski definition) is 5. The third kappa shape index (κ3) is 6.69. The zero-order valence-corrected chi connectivity index (χ0v) is 24.7. The minimum absolute atomic E-state index is 0.113. The Morgan fingerprint density at radius 3 is 2.26 bits per heavy atom. The first-order valence-electron chi connectivity index (χ1n) is 15.5. The van der Waals surface area contributed by atoms with Crippen LogP contribution in [0.15, 0.2) is 72.8 Å². The number of nitrogens with one attached hydrogen (secondary N) is 1. The summed E-state index contributed by atoms with van der Waals surface area (Å²) in [6.45, 7) is 4.42. The van der Waals surface area contributed by atoms with Gasteiger partial charge in [-0.15, -0.1) is 0 Å². The summed E-state index contributed by atoms with van der Waals surface area (Å²) in [7, 11) is 2.15. The Labute approximate surface area is 249 Å². The number of anilines is 2. The predicted molar refractivity (Wildman–Crippen MR) is 169 cm³/mol. The molecule has 220 valence electrons. The highest BCUT2D eigenvalue weighted by atomic mass is 16.2. The maximum Gasteiger partial charge on any atom is 0.255 e. The number of hydrogen-bond donors (Lipinski definition) is 2. The van der Waals surface area contributed by atoms with E-state index in [0.29, 0.717) is 18.0 Å². The standard InChI is InChI=1S/C35H43N5O2/c1-38-18-20-39(21-19-38)33-17-12-29(23-32(33)37-34(41)26-7-3-2-4-8-26)28-9-5-6-25(22-28)24-40(35(42)27-10-11-27)31-15-13-30(36)14-16-31/h2-9,12,17,22-23,27,30-31H,10-11,13-16,18-21,24,36H2,1H3,(H,37,41). The van der Waals surface area contributed by atoms with Gasteiger partial charge in [0.15, 0.2) is 0 Å². The summed E-state index contributed by atoms with van der Waals surface area (Å²) in [5.41, 5.74) is 11.9. The SMILES string of the molecule is CN1CCN(c2ccc(-c3cccc(CN(C(=O)C4CC4)C4CCC(N)CC4)c3)cc2NC(=O)c2ccccc2)CC1. The first-order chi connectivity index (χ1) is 20.4. The maximum atomic E-state index is 13.4. The number of nitrogens with zero attached hydrogens (tertiary/aromatic N) is 3. The second-order valence-electron chi connectivity index (χ2n) is 12.4. The number of benzene rings is 3. The van der Waals surface area contributed by atoms with Crippen LogP contribution in [0.3, 0.4) is 0 Å². The van der Waals surface area contributed by atoms with Crippen molar-refractivity contribution in [2.45, 2.75) is 57.2 Å². The molecule has 2 aliphatic carbocycles. The Morgan fingerprint density at radius 1 is 0.833 bits per heavy atom. The topological polar surface area (TPSA) is 81.9 Å². The van der Waals surface area contributed by atoms with Gasteiger partial charge in [-0.25, -0.2) is 0 Å². The molecule has 0 atom stereocenters.